The number of carbonyl (C=O) groups is 1. The summed E-state index contributed by atoms with van der Waals surface area (Å²) in [6.45, 7) is 7.74. The normalized spacial score (nSPS) is 17.1. The largest absolute Gasteiger partial charge is 0.465 e. The summed E-state index contributed by atoms with van der Waals surface area (Å²) in [4.78, 5) is 11.2. The monoisotopic (exact) mass is 220 g/mol. The summed E-state index contributed by atoms with van der Waals surface area (Å²) in [5.74, 6) is -0.225. The molecule has 0 aliphatic rings. The smallest absolute Gasteiger partial charge is 0.308 e. The third kappa shape index (κ3) is 5.43. The zero-order valence-electron chi connectivity index (χ0n) is 9.58. The van der Waals surface area contributed by atoms with Gasteiger partial charge in [-0.2, -0.15) is 0 Å². The highest BCUT2D eigenvalue weighted by Crippen LogP contribution is 2.39. The zero-order chi connectivity index (χ0) is 11.2. The van der Waals surface area contributed by atoms with E-state index in [-0.39, 0.29) is 11.9 Å². The molecular weight excluding hydrogens is 199 g/mol. The van der Waals surface area contributed by atoms with Crippen LogP contribution in [0.1, 0.15) is 27.2 Å². The molecule has 0 aliphatic heterocycles. The van der Waals surface area contributed by atoms with Gasteiger partial charge in [0, 0.05) is 6.16 Å². The van der Waals surface area contributed by atoms with Gasteiger partial charge >= 0.3 is 5.97 Å². The quantitative estimate of drug-likeness (QED) is 0.510. The van der Waals surface area contributed by atoms with Crippen molar-refractivity contribution in [3.05, 3.63) is 0 Å². The molecule has 3 nitrogen and oxygen atoms in total. The second-order valence-electron chi connectivity index (χ2n) is 3.81. The lowest BCUT2D eigenvalue weighted by Crippen LogP contribution is -2.16. The van der Waals surface area contributed by atoms with Crippen LogP contribution >= 0.6 is 7.14 Å². The van der Waals surface area contributed by atoms with E-state index in [0.29, 0.717) is 18.9 Å². The molecule has 0 saturated carbocycles. The van der Waals surface area contributed by atoms with Crippen LogP contribution in [0.4, 0.5) is 0 Å². The van der Waals surface area contributed by atoms with E-state index in [1.54, 1.807) is 6.66 Å². The van der Waals surface area contributed by atoms with Gasteiger partial charge in [0.1, 0.15) is 0 Å². The molecule has 0 rings (SSSR count). The molecule has 0 bridgehead atoms. The van der Waals surface area contributed by atoms with Gasteiger partial charge in [-0.05, 0) is 19.2 Å². The maximum atomic E-state index is 11.6. The molecule has 4 heteroatoms. The van der Waals surface area contributed by atoms with Gasteiger partial charge < -0.3 is 9.30 Å². The molecule has 2 atom stereocenters. The van der Waals surface area contributed by atoms with E-state index in [1.165, 1.54) is 0 Å². The third-order valence-corrected chi connectivity index (χ3v) is 4.96. The van der Waals surface area contributed by atoms with E-state index in [0.717, 1.165) is 6.42 Å². The maximum Gasteiger partial charge on any atom is 0.308 e. The predicted octanol–water partition coefficient (Wildman–Crippen LogP) is 2.59. The Labute approximate surface area is 86.6 Å². The third-order valence-electron chi connectivity index (χ3n) is 2.49. The minimum atomic E-state index is -2.05. The number of hydrogen-bond donors (Lipinski definition) is 0. The Morgan fingerprint density at radius 3 is 2.43 bits per heavy atom. The van der Waals surface area contributed by atoms with Crippen molar-refractivity contribution in [1.29, 1.82) is 0 Å². The lowest BCUT2D eigenvalue weighted by molar-refractivity contribution is -0.147. The van der Waals surface area contributed by atoms with Crippen molar-refractivity contribution in [3.63, 3.8) is 0 Å². The van der Waals surface area contributed by atoms with Crippen molar-refractivity contribution >= 4 is 13.1 Å². The number of carbonyl (C=O) groups excluding carboxylic acids is 1. The van der Waals surface area contributed by atoms with Crippen LogP contribution in [-0.2, 0) is 14.1 Å². The molecule has 84 valence electrons. The molecule has 0 aromatic rings. The first-order valence-electron chi connectivity index (χ1n) is 5.15. The second kappa shape index (κ2) is 6.23. The minimum absolute atomic E-state index is 0.0483. The Morgan fingerprint density at radius 2 is 2.00 bits per heavy atom. The first kappa shape index (κ1) is 13.7. The number of hydrogen-bond acceptors (Lipinski definition) is 3. The van der Waals surface area contributed by atoms with Crippen molar-refractivity contribution in [2.24, 2.45) is 5.92 Å². The maximum absolute atomic E-state index is 11.6. The summed E-state index contributed by atoms with van der Waals surface area (Å²) >= 11 is 0. The van der Waals surface area contributed by atoms with Gasteiger partial charge in [0.2, 0.25) is 0 Å². The molecule has 14 heavy (non-hydrogen) atoms. The standard InChI is InChI=1S/C10H21O3P/c1-5-9(3)10(11)13-7-8-14(4,12)6-2/h9H,5-8H2,1-4H3. The molecule has 0 amide bonds. The Hall–Kier alpha value is -0.300. The van der Waals surface area contributed by atoms with E-state index in [2.05, 4.69) is 0 Å². The molecule has 0 fully saturated rings. The molecule has 0 aliphatic carbocycles. The summed E-state index contributed by atoms with van der Waals surface area (Å²) < 4.78 is 16.6. The summed E-state index contributed by atoms with van der Waals surface area (Å²) in [6, 6.07) is 0. The van der Waals surface area contributed by atoms with Crippen molar-refractivity contribution in [2.75, 3.05) is 25.6 Å². The summed E-state index contributed by atoms with van der Waals surface area (Å²) in [5, 5.41) is 0. The lowest BCUT2D eigenvalue weighted by atomic mass is 10.1. The fourth-order valence-corrected chi connectivity index (χ4v) is 1.60. The number of ether oxygens (including phenoxy) is 1. The summed E-state index contributed by atoms with van der Waals surface area (Å²) in [5.41, 5.74) is 0. The highest BCUT2D eigenvalue weighted by molar-refractivity contribution is 7.63. The van der Waals surface area contributed by atoms with E-state index in [9.17, 15) is 9.36 Å². The average molecular weight is 220 g/mol. The Bertz CT molecular complexity index is 225. The molecule has 0 aromatic carbocycles. The topological polar surface area (TPSA) is 43.4 Å². The van der Waals surface area contributed by atoms with Gasteiger partial charge in [-0.15, -0.1) is 0 Å². The van der Waals surface area contributed by atoms with Crippen molar-refractivity contribution < 1.29 is 14.1 Å². The van der Waals surface area contributed by atoms with Crippen LogP contribution in [0.3, 0.4) is 0 Å². The molecule has 0 radical (unpaired) electrons. The molecule has 0 spiro atoms. The van der Waals surface area contributed by atoms with Crippen LogP contribution in [-0.4, -0.2) is 31.6 Å². The van der Waals surface area contributed by atoms with Crippen LogP contribution < -0.4 is 0 Å². The Balaban J connectivity index is 3.75. The van der Waals surface area contributed by atoms with E-state index in [4.69, 9.17) is 4.74 Å². The van der Waals surface area contributed by atoms with Crippen LogP contribution in [0.15, 0.2) is 0 Å². The second-order valence-corrected chi connectivity index (χ2v) is 7.49. The summed E-state index contributed by atoms with van der Waals surface area (Å²) in [7, 11) is -2.05. The van der Waals surface area contributed by atoms with Gasteiger partial charge in [0.15, 0.2) is 0 Å². The summed E-state index contributed by atoms with van der Waals surface area (Å²) in [6.07, 6.45) is 1.97. The fourth-order valence-electron chi connectivity index (χ4n) is 0.806. The highest BCUT2D eigenvalue weighted by Gasteiger charge is 2.15. The zero-order valence-corrected chi connectivity index (χ0v) is 10.5. The SMILES string of the molecule is CCC(C)C(=O)OCCP(C)(=O)CC. The molecular formula is C10H21O3P. The molecule has 0 N–H and O–H groups in total. The molecule has 0 saturated heterocycles. The van der Waals surface area contributed by atoms with Crippen molar-refractivity contribution in [1.82, 2.24) is 0 Å². The van der Waals surface area contributed by atoms with Gasteiger partial charge in [0.25, 0.3) is 0 Å². The Kier molecular flexibility index (Phi) is 6.10. The van der Waals surface area contributed by atoms with Crippen LogP contribution in [0.5, 0.6) is 0 Å². The number of rotatable bonds is 6. The first-order valence-corrected chi connectivity index (χ1v) is 7.67. The van der Waals surface area contributed by atoms with Gasteiger partial charge in [-0.1, -0.05) is 20.8 Å². The van der Waals surface area contributed by atoms with Crippen molar-refractivity contribution in [2.45, 2.75) is 27.2 Å². The molecule has 0 heterocycles. The Morgan fingerprint density at radius 1 is 1.43 bits per heavy atom. The average Bonchev–Trinajstić information content (AvgIpc) is 2.16. The van der Waals surface area contributed by atoms with E-state index in [1.807, 2.05) is 20.8 Å². The van der Waals surface area contributed by atoms with Gasteiger partial charge in [-0.25, -0.2) is 0 Å². The van der Waals surface area contributed by atoms with Crippen LogP contribution in [0.25, 0.3) is 0 Å². The van der Waals surface area contributed by atoms with Crippen LogP contribution in [0.2, 0.25) is 0 Å². The lowest BCUT2D eigenvalue weighted by Gasteiger charge is -2.12. The minimum Gasteiger partial charge on any atom is -0.465 e. The molecule has 2 unspecified atom stereocenters. The predicted molar refractivity (Wildman–Crippen MR) is 59.4 cm³/mol. The van der Waals surface area contributed by atoms with E-state index < -0.39 is 7.14 Å². The molecule has 0 aromatic heterocycles. The van der Waals surface area contributed by atoms with Gasteiger partial charge in [0.05, 0.1) is 19.7 Å². The van der Waals surface area contributed by atoms with Crippen molar-refractivity contribution in [3.8, 4) is 0 Å². The fraction of sp³-hybridized carbons (Fsp3) is 0.900. The van der Waals surface area contributed by atoms with Gasteiger partial charge in [-0.3, -0.25) is 4.79 Å². The van der Waals surface area contributed by atoms with Crippen LogP contribution in [0, 0.1) is 5.92 Å². The first-order chi connectivity index (χ1) is 6.43. The number of esters is 1. The van der Waals surface area contributed by atoms with E-state index >= 15 is 0 Å². The highest BCUT2D eigenvalue weighted by atomic mass is 31.2.